The highest BCUT2D eigenvalue weighted by Crippen LogP contribution is 2.49. The van der Waals surface area contributed by atoms with Gasteiger partial charge in [0.15, 0.2) is 0 Å². The highest BCUT2D eigenvalue weighted by molar-refractivity contribution is 7.72. The van der Waals surface area contributed by atoms with Gasteiger partial charge in [-0.3, -0.25) is 4.90 Å². The van der Waals surface area contributed by atoms with Gasteiger partial charge in [-0.15, -0.1) is 0 Å². The summed E-state index contributed by atoms with van der Waals surface area (Å²) in [6.07, 6.45) is 1.80. The summed E-state index contributed by atoms with van der Waals surface area (Å²) in [7, 11) is -1.11. The molecule has 1 N–H and O–H groups in total. The molecule has 3 aromatic carbocycles. The van der Waals surface area contributed by atoms with Crippen LogP contribution in [0.1, 0.15) is 42.4 Å². The Labute approximate surface area is 230 Å². The maximum absolute atomic E-state index is 15.1. The van der Waals surface area contributed by atoms with Crippen molar-refractivity contribution in [1.29, 1.82) is 0 Å². The van der Waals surface area contributed by atoms with Gasteiger partial charge in [0.1, 0.15) is 30.4 Å². The number of benzene rings is 3. The van der Waals surface area contributed by atoms with E-state index in [0.29, 0.717) is 52.8 Å². The summed E-state index contributed by atoms with van der Waals surface area (Å²) < 4.78 is 35.2. The molecule has 1 aliphatic rings. The molecule has 0 radical (unpaired) electrons. The third-order valence-electron chi connectivity index (χ3n) is 7.66. The predicted molar refractivity (Wildman–Crippen MR) is 157 cm³/mol. The number of methoxy groups -OCH3 is 1. The van der Waals surface area contributed by atoms with Gasteiger partial charge in [-0.2, -0.15) is 0 Å². The fraction of sp³-hybridized carbons (Fsp3) is 0.355. The largest absolute Gasteiger partial charge is 0.496 e. The average molecular weight is 547 g/mol. The molecule has 0 unspecified atom stereocenters. The molecule has 39 heavy (non-hydrogen) atoms. The van der Waals surface area contributed by atoms with E-state index in [2.05, 4.69) is 44.5 Å². The van der Waals surface area contributed by atoms with Crippen LogP contribution in [0, 0.1) is 12.7 Å². The Balaban J connectivity index is 1.46. The molecule has 1 saturated heterocycles. The molecule has 1 aromatic heterocycles. The number of ether oxygens (including phenoxy) is 1. The SMILES string of the molecule is CCc1cccc([C@@H](C)Nc2nc(C)nc3cc(OC)c(P4(=O)CCN(Cc5ccccc5)CC4)cc23)c1F. The molecule has 204 valence electrons. The highest BCUT2D eigenvalue weighted by atomic mass is 31.2. The number of aryl methyl sites for hydroxylation is 2. The molecule has 4 aromatic rings. The second kappa shape index (κ2) is 11.4. The molecule has 0 bridgehead atoms. The minimum Gasteiger partial charge on any atom is -0.496 e. The number of hydrogen-bond donors (Lipinski definition) is 1. The number of anilines is 1. The van der Waals surface area contributed by atoms with Gasteiger partial charge in [0.2, 0.25) is 0 Å². The normalized spacial score (nSPS) is 16.2. The van der Waals surface area contributed by atoms with E-state index in [-0.39, 0.29) is 11.9 Å². The van der Waals surface area contributed by atoms with Gasteiger partial charge in [0.25, 0.3) is 0 Å². The van der Waals surface area contributed by atoms with Crippen LogP contribution in [0.15, 0.2) is 60.7 Å². The summed E-state index contributed by atoms with van der Waals surface area (Å²) in [5, 5.41) is 4.92. The third-order valence-corrected chi connectivity index (χ3v) is 10.7. The topological polar surface area (TPSA) is 67.4 Å². The van der Waals surface area contributed by atoms with Crippen LogP contribution in [0.2, 0.25) is 0 Å². The van der Waals surface area contributed by atoms with Gasteiger partial charge in [0, 0.05) is 49.0 Å². The lowest BCUT2D eigenvalue weighted by Gasteiger charge is -2.33. The summed E-state index contributed by atoms with van der Waals surface area (Å²) >= 11 is 0. The van der Waals surface area contributed by atoms with Crippen LogP contribution in [0.25, 0.3) is 10.9 Å². The first-order valence-electron chi connectivity index (χ1n) is 13.6. The Kier molecular flexibility index (Phi) is 8.01. The summed E-state index contributed by atoms with van der Waals surface area (Å²) in [5.74, 6) is 1.60. The first-order chi connectivity index (χ1) is 18.8. The molecule has 2 heterocycles. The predicted octanol–water partition coefficient (Wildman–Crippen LogP) is 6.33. The molecule has 8 heteroatoms. The van der Waals surface area contributed by atoms with Crippen LogP contribution >= 0.6 is 7.14 Å². The Morgan fingerprint density at radius 1 is 1.08 bits per heavy atom. The molecule has 0 spiro atoms. The number of nitrogens with zero attached hydrogens (tertiary/aromatic N) is 3. The Morgan fingerprint density at radius 3 is 2.51 bits per heavy atom. The number of fused-ring (bicyclic) bond motifs is 1. The number of nitrogens with one attached hydrogen (secondary N) is 1. The zero-order valence-electron chi connectivity index (χ0n) is 23.1. The molecule has 1 atom stereocenters. The van der Waals surface area contributed by atoms with Crippen LogP contribution in [0.4, 0.5) is 10.2 Å². The zero-order valence-corrected chi connectivity index (χ0v) is 24.0. The average Bonchev–Trinajstić information content (AvgIpc) is 2.94. The van der Waals surface area contributed by atoms with Crippen molar-refractivity contribution in [3.05, 3.63) is 89.0 Å². The smallest absolute Gasteiger partial charge is 0.138 e. The van der Waals surface area contributed by atoms with E-state index >= 15 is 4.39 Å². The van der Waals surface area contributed by atoms with Crippen LogP contribution in [-0.2, 0) is 17.5 Å². The molecular weight excluding hydrogens is 510 g/mol. The molecule has 6 nitrogen and oxygen atoms in total. The number of rotatable bonds is 8. The van der Waals surface area contributed by atoms with Crippen molar-refractivity contribution in [3.8, 4) is 5.75 Å². The van der Waals surface area contributed by atoms with Crippen molar-refractivity contribution in [2.75, 3.05) is 37.8 Å². The first kappa shape index (κ1) is 27.3. The molecule has 0 aliphatic carbocycles. The van der Waals surface area contributed by atoms with Gasteiger partial charge < -0.3 is 14.6 Å². The molecule has 5 rings (SSSR count). The maximum atomic E-state index is 15.1. The molecule has 1 aliphatic heterocycles. The lowest BCUT2D eigenvalue weighted by atomic mass is 10.0. The van der Waals surface area contributed by atoms with E-state index in [1.807, 2.05) is 51.1 Å². The highest BCUT2D eigenvalue weighted by Gasteiger charge is 2.34. The summed E-state index contributed by atoms with van der Waals surface area (Å²) in [4.78, 5) is 11.7. The standard InChI is InChI=1S/C31H36FN4O2P/c1-5-24-12-9-13-25(30(24)32)21(2)33-31-26-18-29(28(38-4)19-27(26)34-22(3)35-31)39(37)16-14-36(15-17-39)20-23-10-7-6-8-11-23/h6-13,18-19,21H,5,14-17,20H2,1-4H3,(H,33,34,35)/t21-/m1/s1. The van der Waals surface area contributed by atoms with Gasteiger partial charge in [-0.25, -0.2) is 14.4 Å². The van der Waals surface area contributed by atoms with E-state index < -0.39 is 7.14 Å². The van der Waals surface area contributed by atoms with Crippen molar-refractivity contribution in [1.82, 2.24) is 14.9 Å². The van der Waals surface area contributed by atoms with Crippen LogP contribution in [-0.4, -0.2) is 47.4 Å². The van der Waals surface area contributed by atoms with Crippen LogP contribution in [0.5, 0.6) is 5.75 Å². The molecule has 1 fully saturated rings. The van der Waals surface area contributed by atoms with Gasteiger partial charge in [0.05, 0.1) is 24.0 Å². The fourth-order valence-electron chi connectivity index (χ4n) is 5.41. The lowest BCUT2D eigenvalue weighted by Crippen LogP contribution is -2.36. The van der Waals surface area contributed by atoms with E-state index in [1.165, 1.54) is 5.56 Å². The molecular formula is C31H36FN4O2P. The fourth-order valence-corrected chi connectivity index (χ4v) is 8.25. The second-order valence-corrected chi connectivity index (χ2v) is 13.5. The summed E-state index contributed by atoms with van der Waals surface area (Å²) in [6, 6.07) is 19.4. The Morgan fingerprint density at radius 2 is 1.82 bits per heavy atom. The Hall–Kier alpha value is -3.28. The van der Waals surface area contributed by atoms with Crippen LogP contribution in [0.3, 0.4) is 0 Å². The van der Waals surface area contributed by atoms with Crippen molar-refractivity contribution in [2.45, 2.75) is 39.8 Å². The second-order valence-electron chi connectivity index (χ2n) is 10.3. The van der Waals surface area contributed by atoms with Gasteiger partial charge in [-0.05, 0) is 37.5 Å². The minimum atomic E-state index is -2.72. The Bertz CT molecular complexity index is 1520. The zero-order chi connectivity index (χ0) is 27.6. The van der Waals surface area contributed by atoms with E-state index in [4.69, 9.17) is 4.74 Å². The van der Waals surface area contributed by atoms with Gasteiger partial charge >= 0.3 is 0 Å². The van der Waals surface area contributed by atoms with E-state index in [0.717, 1.165) is 30.3 Å². The molecule has 0 saturated carbocycles. The monoisotopic (exact) mass is 546 g/mol. The summed E-state index contributed by atoms with van der Waals surface area (Å²) in [5.41, 5.74) is 3.24. The number of hydrogen-bond acceptors (Lipinski definition) is 6. The lowest BCUT2D eigenvalue weighted by molar-refractivity contribution is 0.288. The van der Waals surface area contributed by atoms with Gasteiger partial charge in [-0.1, -0.05) is 55.5 Å². The summed E-state index contributed by atoms with van der Waals surface area (Å²) in [6.45, 7) is 8.07. The number of halogens is 1. The number of aromatic nitrogens is 2. The van der Waals surface area contributed by atoms with Crippen molar-refractivity contribution in [2.24, 2.45) is 0 Å². The maximum Gasteiger partial charge on any atom is 0.138 e. The third kappa shape index (κ3) is 5.70. The minimum absolute atomic E-state index is 0.191. The van der Waals surface area contributed by atoms with E-state index in [9.17, 15) is 4.57 Å². The van der Waals surface area contributed by atoms with Crippen molar-refractivity contribution in [3.63, 3.8) is 0 Å². The van der Waals surface area contributed by atoms with Crippen LogP contribution < -0.4 is 15.4 Å². The first-order valence-corrected chi connectivity index (χ1v) is 15.6. The van der Waals surface area contributed by atoms with Crippen molar-refractivity contribution < 1.29 is 13.7 Å². The quantitative estimate of drug-likeness (QED) is 0.261. The van der Waals surface area contributed by atoms with Crippen molar-refractivity contribution >= 4 is 29.2 Å². The molecule has 0 amide bonds. The van der Waals surface area contributed by atoms with E-state index in [1.54, 1.807) is 13.2 Å².